The number of likely N-dealkylation sites (tertiary alicyclic amines) is 1. The SMILES string of the molecule is COC1CCCC(C[C@@H](C)CCC(=O)C/C=C(\C)C(O)CC(=O)C(C)C[C@H](C)/C=C/C=C/C=C(\C)CCCCCC(C)C(O)(O)C(=O)C(=O)N2CCCCC2C(=O)O)C1. The van der Waals surface area contributed by atoms with Gasteiger partial charge in [-0.05, 0) is 108 Å². The van der Waals surface area contributed by atoms with E-state index < -0.39 is 41.5 Å². The van der Waals surface area contributed by atoms with Gasteiger partial charge < -0.3 is 30.1 Å². The maximum atomic E-state index is 12.9. The Morgan fingerprint density at radius 2 is 1.61 bits per heavy atom. The number of aliphatic hydroxyl groups excluding tert-OH is 1. The lowest BCUT2D eigenvalue weighted by molar-refractivity contribution is -0.205. The van der Waals surface area contributed by atoms with E-state index in [9.17, 15) is 44.4 Å². The van der Waals surface area contributed by atoms with Gasteiger partial charge in [-0.2, -0.15) is 0 Å². The second-order valence-electron chi connectivity index (χ2n) is 17.9. The third-order valence-electron chi connectivity index (χ3n) is 12.6. The number of nitrogens with zero attached hydrogens (tertiary/aromatic N) is 1. The fourth-order valence-electron chi connectivity index (χ4n) is 8.39. The number of aliphatic hydroxyl groups is 3. The number of ether oxygens (including phenoxy) is 1. The summed E-state index contributed by atoms with van der Waals surface area (Å²) in [7, 11) is 1.80. The van der Waals surface area contributed by atoms with Gasteiger partial charge >= 0.3 is 5.97 Å². The molecule has 1 aliphatic heterocycles. The molecule has 0 aromatic carbocycles. The van der Waals surface area contributed by atoms with E-state index in [0.717, 1.165) is 49.8 Å². The van der Waals surface area contributed by atoms with Crippen LogP contribution < -0.4 is 0 Å². The zero-order chi connectivity index (χ0) is 44.1. The predicted molar refractivity (Wildman–Crippen MR) is 231 cm³/mol. The number of rotatable bonds is 27. The summed E-state index contributed by atoms with van der Waals surface area (Å²) in [5.74, 6) is -6.20. The van der Waals surface area contributed by atoms with E-state index in [2.05, 4.69) is 19.9 Å². The number of unbranched alkanes of at least 4 members (excludes halogenated alkanes) is 2. The summed E-state index contributed by atoms with van der Waals surface area (Å²) in [5, 5.41) is 41.2. The van der Waals surface area contributed by atoms with Gasteiger partial charge in [0, 0.05) is 44.8 Å². The van der Waals surface area contributed by atoms with Crippen molar-refractivity contribution in [3.05, 3.63) is 47.6 Å². The summed E-state index contributed by atoms with van der Waals surface area (Å²) >= 11 is 0. The molecule has 59 heavy (non-hydrogen) atoms. The largest absolute Gasteiger partial charge is 0.480 e. The number of hydrogen-bond acceptors (Lipinski definition) is 9. The van der Waals surface area contributed by atoms with E-state index in [1.165, 1.54) is 25.3 Å². The van der Waals surface area contributed by atoms with E-state index in [0.29, 0.717) is 62.0 Å². The summed E-state index contributed by atoms with van der Waals surface area (Å²) in [4.78, 5) is 63.5. The first-order chi connectivity index (χ1) is 27.9. The Hall–Kier alpha value is -3.25. The van der Waals surface area contributed by atoms with E-state index >= 15 is 0 Å². The molecule has 8 atom stereocenters. The second kappa shape index (κ2) is 26.9. The van der Waals surface area contributed by atoms with E-state index in [1.807, 2.05) is 38.2 Å². The highest BCUT2D eigenvalue weighted by atomic mass is 16.5. The van der Waals surface area contributed by atoms with Crippen LogP contribution in [0.3, 0.4) is 0 Å². The minimum Gasteiger partial charge on any atom is -0.480 e. The van der Waals surface area contributed by atoms with Crippen LogP contribution in [0.1, 0.15) is 157 Å². The quantitative estimate of drug-likeness (QED) is 0.0207. The van der Waals surface area contributed by atoms with E-state index in [-0.39, 0.29) is 49.2 Å². The first-order valence-corrected chi connectivity index (χ1v) is 22.3. The van der Waals surface area contributed by atoms with Crippen molar-refractivity contribution < 1.29 is 49.1 Å². The number of hydrogen-bond donors (Lipinski definition) is 4. The number of methoxy groups -OCH3 is 1. The number of carboxylic acid groups (broad SMARTS) is 1. The molecule has 11 heteroatoms. The molecule has 0 aromatic heterocycles. The third-order valence-corrected chi connectivity index (χ3v) is 12.6. The highest BCUT2D eigenvalue weighted by molar-refractivity contribution is 6.39. The Morgan fingerprint density at radius 3 is 2.31 bits per heavy atom. The van der Waals surface area contributed by atoms with Crippen molar-refractivity contribution in [3.63, 3.8) is 0 Å². The van der Waals surface area contributed by atoms with Crippen LogP contribution >= 0.6 is 0 Å². The van der Waals surface area contributed by atoms with Gasteiger partial charge in [-0.3, -0.25) is 19.2 Å². The molecular formula is C48H77NO10. The highest BCUT2D eigenvalue weighted by Gasteiger charge is 2.47. The monoisotopic (exact) mass is 828 g/mol. The van der Waals surface area contributed by atoms with Crippen molar-refractivity contribution in [1.82, 2.24) is 4.90 Å². The highest BCUT2D eigenvalue weighted by Crippen LogP contribution is 2.32. The number of piperidine rings is 1. The zero-order valence-electron chi connectivity index (χ0n) is 37.2. The topological polar surface area (TPSA) is 179 Å². The predicted octanol–water partition coefficient (Wildman–Crippen LogP) is 8.25. The van der Waals surface area contributed by atoms with Crippen molar-refractivity contribution >= 4 is 29.2 Å². The fourth-order valence-corrected chi connectivity index (χ4v) is 8.39. The molecule has 2 fully saturated rings. The van der Waals surface area contributed by atoms with Crippen LogP contribution in [0.2, 0.25) is 0 Å². The molecule has 2 rings (SSSR count). The summed E-state index contributed by atoms with van der Waals surface area (Å²) in [6, 6.07) is -1.13. The number of carboxylic acids is 1. The molecule has 1 saturated heterocycles. The minimum atomic E-state index is -2.86. The molecule has 0 radical (unpaired) electrons. The van der Waals surface area contributed by atoms with Crippen LogP contribution in [0.4, 0.5) is 0 Å². The first-order valence-electron chi connectivity index (χ1n) is 22.3. The Bertz CT molecular complexity index is 1480. The minimum absolute atomic E-state index is 0.00630. The number of amides is 1. The molecule has 11 nitrogen and oxygen atoms in total. The number of Topliss-reactive ketones (excluding diaryl/α,β-unsaturated/α-hetero) is 3. The van der Waals surface area contributed by atoms with Crippen LogP contribution in [0.15, 0.2) is 47.6 Å². The molecule has 4 N–H and O–H groups in total. The molecule has 1 aliphatic carbocycles. The first kappa shape index (κ1) is 51.9. The average Bonchev–Trinajstić information content (AvgIpc) is 3.20. The molecule has 0 bridgehead atoms. The maximum absolute atomic E-state index is 12.9. The Labute approximate surface area is 354 Å². The van der Waals surface area contributed by atoms with Gasteiger partial charge in [-0.1, -0.05) is 95.4 Å². The van der Waals surface area contributed by atoms with Gasteiger partial charge in [0.2, 0.25) is 5.79 Å². The van der Waals surface area contributed by atoms with Crippen LogP contribution in [-0.2, 0) is 28.7 Å². The molecular weight excluding hydrogens is 751 g/mol. The molecule has 0 spiro atoms. The Morgan fingerprint density at radius 1 is 0.881 bits per heavy atom. The zero-order valence-corrected chi connectivity index (χ0v) is 37.2. The number of ketones is 3. The molecule has 0 aromatic rings. The summed E-state index contributed by atoms with van der Waals surface area (Å²) < 4.78 is 5.56. The molecule has 6 unspecified atom stereocenters. The average molecular weight is 828 g/mol. The van der Waals surface area contributed by atoms with Gasteiger partial charge in [0.05, 0.1) is 12.2 Å². The summed E-state index contributed by atoms with van der Waals surface area (Å²) in [6.07, 6.45) is 24.4. The van der Waals surface area contributed by atoms with Crippen molar-refractivity contribution in [2.24, 2.45) is 29.6 Å². The lowest BCUT2D eigenvalue weighted by Crippen LogP contribution is -2.57. The summed E-state index contributed by atoms with van der Waals surface area (Å²) in [5.41, 5.74) is 1.84. The molecule has 1 amide bonds. The Balaban J connectivity index is 1.65. The second-order valence-corrected chi connectivity index (χ2v) is 17.9. The van der Waals surface area contributed by atoms with Crippen molar-refractivity contribution in [2.75, 3.05) is 13.7 Å². The molecule has 1 saturated carbocycles. The molecule has 1 heterocycles. The lowest BCUT2D eigenvalue weighted by atomic mass is 9.80. The fraction of sp³-hybridized carbons (Fsp3) is 0.729. The normalized spacial score (nSPS) is 22.3. The number of carbonyl (C=O) groups excluding carboxylic acids is 4. The number of aliphatic carboxylic acids is 1. The van der Waals surface area contributed by atoms with Crippen molar-refractivity contribution in [2.45, 2.75) is 181 Å². The van der Waals surface area contributed by atoms with Gasteiger partial charge in [0.1, 0.15) is 17.6 Å². The molecule has 334 valence electrons. The van der Waals surface area contributed by atoms with Gasteiger partial charge in [-0.15, -0.1) is 0 Å². The maximum Gasteiger partial charge on any atom is 0.326 e. The van der Waals surface area contributed by atoms with Gasteiger partial charge in [0.25, 0.3) is 11.7 Å². The van der Waals surface area contributed by atoms with Gasteiger partial charge in [-0.25, -0.2) is 4.79 Å². The van der Waals surface area contributed by atoms with Crippen LogP contribution in [-0.4, -0.2) is 92.2 Å². The molecule has 2 aliphatic rings. The van der Waals surface area contributed by atoms with E-state index in [4.69, 9.17) is 4.74 Å². The van der Waals surface area contributed by atoms with Crippen molar-refractivity contribution in [3.8, 4) is 0 Å². The van der Waals surface area contributed by atoms with Crippen LogP contribution in [0, 0.1) is 29.6 Å². The lowest BCUT2D eigenvalue weighted by Gasteiger charge is -2.35. The van der Waals surface area contributed by atoms with E-state index in [1.54, 1.807) is 20.1 Å². The smallest absolute Gasteiger partial charge is 0.326 e. The summed E-state index contributed by atoms with van der Waals surface area (Å²) in [6.45, 7) is 11.6. The standard InChI is InChI=1S/C48H77NO10/c1-33(18-11-9-13-20-38(6)48(57,58)45(53)46(54)49-28-15-14-23-42(49)47(55)56)17-10-8-12-19-34(2)29-37(5)44(52)32-43(51)36(4)25-27-40(50)26-24-35(3)30-39-21-16-22-41(31-39)59-7/h8,10,12,17,19,25,34-35,37-39,41-43,51,57-58H,9,11,13-16,18,20-24,26-32H2,1-7H3,(H,55,56)/b10-8+,19-12+,33-17+,36-25+/t34-,35+,37?,38?,39?,41?,42?,43?/m1/s1. The third kappa shape index (κ3) is 18.9. The van der Waals surface area contributed by atoms with Gasteiger partial charge in [0.15, 0.2) is 0 Å². The van der Waals surface area contributed by atoms with Crippen LogP contribution in [0.25, 0.3) is 0 Å². The number of allylic oxidation sites excluding steroid dienone is 7. The number of carbonyl (C=O) groups is 5. The Kier molecular flexibility index (Phi) is 23.6. The van der Waals surface area contributed by atoms with Crippen molar-refractivity contribution in [1.29, 1.82) is 0 Å². The van der Waals surface area contributed by atoms with Crippen LogP contribution in [0.5, 0.6) is 0 Å².